The summed E-state index contributed by atoms with van der Waals surface area (Å²) < 4.78 is 8.17. The molecular formula is C16H24N4OS. The molecule has 1 fully saturated rings. The smallest absolute Gasteiger partial charge is 0.227 e. The van der Waals surface area contributed by atoms with E-state index in [0.29, 0.717) is 0 Å². The van der Waals surface area contributed by atoms with Crippen LogP contribution in [-0.4, -0.2) is 35.0 Å². The Bertz CT molecular complexity index is 575. The summed E-state index contributed by atoms with van der Waals surface area (Å²) in [6.07, 6.45) is 4.58. The second kappa shape index (κ2) is 7.24. The number of thiophene rings is 1. The average Bonchev–Trinajstić information content (AvgIpc) is 3.19. The van der Waals surface area contributed by atoms with E-state index in [4.69, 9.17) is 4.74 Å². The van der Waals surface area contributed by atoms with Crippen LogP contribution in [0, 0.1) is 0 Å². The fourth-order valence-electron chi connectivity index (χ4n) is 2.92. The second-order valence-corrected chi connectivity index (χ2v) is 6.83. The van der Waals surface area contributed by atoms with Crippen LogP contribution < -0.4 is 4.90 Å². The van der Waals surface area contributed by atoms with E-state index in [1.54, 1.807) is 11.3 Å². The monoisotopic (exact) mass is 320 g/mol. The molecule has 0 amide bonds. The second-order valence-electron chi connectivity index (χ2n) is 5.80. The van der Waals surface area contributed by atoms with Crippen LogP contribution in [0.5, 0.6) is 0 Å². The molecule has 3 rings (SSSR count). The van der Waals surface area contributed by atoms with Gasteiger partial charge in [0.1, 0.15) is 6.10 Å². The van der Waals surface area contributed by atoms with Crippen molar-refractivity contribution in [3.8, 4) is 0 Å². The molecule has 1 unspecified atom stereocenters. The Balaban J connectivity index is 1.90. The molecule has 2 aromatic rings. The summed E-state index contributed by atoms with van der Waals surface area (Å²) in [6, 6.07) is 4.26. The maximum absolute atomic E-state index is 5.94. The van der Waals surface area contributed by atoms with Gasteiger partial charge in [0, 0.05) is 25.1 Å². The summed E-state index contributed by atoms with van der Waals surface area (Å²) in [5.41, 5.74) is 0. The number of hydrogen-bond donors (Lipinski definition) is 0. The quantitative estimate of drug-likeness (QED) is 0.817. The Kier molecular flexibility index (Phi) is 5.10. The van der Waals surface area contributed by atoms with E-state index < -0.39 is 0 Å². The van der Waals surface area contributed by atoms with Crippen LogP contribution in [0.3, 0.4) is 0 Å². The summed E-state index contributed by atoms with van der Waals surface area (Å²) in [6.45, 7) is 4.82. The van der Waals surface area contributed by atoms with Gasteiger partial charge in [0.15, 0.2) is 5.82 Å². The van der Waals surface area contributed by atoms with E-state index >= 15 is 0 Å². The first-order valence-corrected chi connectivity index (χ1v) is 8.95. The van der Waals surface area contributed by atoms with Crippen molar-refractivity contribution in [2.45, 2.75) is 45.3 Å². The van der Waals surface area contributed by atoms with Crippen molar-refractivity contribution < 1.29 is 4.74 Å². The topological polar surface area (TPSA) is 43.2 Å². The minimum atomic E-state index is 0.0880. The first kappa shape index (κ1) is 15.5. The van der Waals surface area contributed by atoms with E-state index in [1.807, 2.05) is 0 Å². The number of aromatic nitrogens is 3. The molecular weight excluding hydrogens is 296 g/mol. The molecule has 1 aliphatic rings. The lowest BCUT2D eigenvalue weighted by atomic mass is 10.1. The lowest BCUT2D eigenvalue weighted by Gasteiger charge is -2.24. The fraction of sp³-hybridized carbons (Fsp3) is 0.625. The van der Waals surface area contributed by atoms with Gasteiger partial charge in [0.25, 0.3) is 0 Å². The van der Waals surface area contributed by atoms with E-state index in [9.17, 15) is 0 Å². The maximum atomic E-state index is 5.94. The molecule has 5 nitrogen and oxygen atoms in total. The molecule has 0 aliphatic carbocycles. The lowest BCUT2D eigenvalue weighted by Crippen LogP contribution is -2.24. The van der Waals surface area contributed by atoms with E-state index in [1.165, 1.54) is 11.3 Å². The molecule has 6 heteroatoms. The van der Waals surface area contributed by atoms with Gasteiger partial charge in [0.05, 0.1) is 6.54 Å². The van der Waals surface area contributed by atoms with E-state index in [-0.39, 0.29) is 6.10 Å². The van der Waals surface area contributed by atoms with Crippen molar-refractivity contribution in [2.75, 3.05) is 25.1 Å². The third kappa shape index (κ3) is 3.33. The average molecular weight is 320 g/mol. The highest BCUT2D eigenvalue weighted by molar-refractivity contribution is 7.09. The van der Waals surface area contributed by atoms with E-state index in [2.05, 4.69) is 51.1 Å². The predicted molar refractivity (Wildman–Crippen MR) is 89.5 cm³/mol. The zero-order valence-electron chi connectivity index (χ0n) is 13.4. The summed E-state index contributed by atoms with van der Waals surface area (Å²) in [5.74, 6) is 1.92. The minimum Gasteiger partial charge on any atom is -0.370 e. The number of rotatable bonds is 6. The van der Waals surface area contributed by atoms with Gasteiger partial charge in [0.2, 0.25) is 5.95 Å². The molecule has 0 saturated carbocycles. The summed E-state index contributed by atoms with van der Waals surface area (Å²) in [5, 5.41) is 11.0. The first-order chi connectivity index (χ1) is 10.8. The van der Waals surface area contributed by atoms with Gasteiger partial charge in [-0.25, -0.2) is 0 Å². The number of ether oxygens (including phenoxy) is 1. The molecule has 1 atom stereocenters. The Morgan fingerprint density at radius 3 is 3.00 bits per heavy atom. The molecule has 0 spiro atoms. The van der Waals surface area contributed by atoms with Crippen molar-refractivity contribution in [3.63, 3.8) is 0 Å². The van der Waals surface area contributed by atoms with Crippen molar-refractivity contribution in [1.82, 2.24) is 14.8 Å². The zero-order valence-corrected chi connectivity index (χ0v) is 14.2. The normalized spacial score (nSPS) is 18.5. The van der Waals surface area contributed by atoms with Gasteiger partial charge >= 0.3 is 0 Å². The third-order valence-electron chi connectivity index (χ3n) is 4.02. The Hall–Kier alpha value is -1.40. The summed E-state index contributed by atoms with van der Waals surface area (Å²) in [4.78, 5) is 3.51. The standard InChI is InChI=1S/C16H24N4OS/c1-3-9-19(2)16-18-17-15(14-8-4-5-10-21-14)20(16)12-13-7-6-11-22-13/h6-7,11,14H,3-5,8-10,12H2,1-2H3. The first-order valence-electron chi connectivity index (χ1n) is 8.07. The fourth-order valence-corrected chi connectivity index (χ4v) is 3.61. The van der Waals surface area contributed by atoms with Crippen LogP contribution in [0.25, 0.3) is 0 Å². The van der Waals surface area contributed by atoms with Crippen LogP contribution >= 0.6 is 11.3 Å². The van der Waals surface area contributed by atoms with Gasteiger partial charge in [-0.05, 0) is 37.1 Å². The van der Waals surface area contributed by atoms with Gasteiger partial charge in [-0.3, -0.25) is 4.57 Å². The Labute approximate surface area is 135 Å². The number of nitrogens with zero attached hydrogens (tertiary/aromatic N) is 4. The highest BCUT2D eigenvalue weighted by atomic mass is 32.1. The van der Waals surface area contributed by atoms with Crippen LogP contribution in [0.15, 0.2) is 17.5 Å². The lowest BCUT2D eigenvalue weighted by molar-refractivity contribution is 0.00741. The SMILES string of the molecule is CCCN(C)c1nnc(C2CCCCO2)n1Cc1cccs1. The van der Waals surface area contributed by atoms with Crippen LogP contribution in [0.2, 0.25) is 0 Å². The third-order valence-corrected chi connectivity index (χ3v) is 4.88. The zero-order chi connectivity index (χ0) is 15.4. The van der Waals surface area contributed by atoms with Gasteiger partial charge in [-0.1, -0.05) is 13.0 Å². The van der Waals surface area contributed by atoms with Gasteiger partial charge in [-0.2, -0.15) is 0 Å². The molecule has 0 radical (unpaired) electrons. The number of hydrogen-bond acceptors (Lipinski definition) is 5. The minimum absolute atomic E-state index is 0.0880. The molecule has 1 aliphatic heterocycles. The largest absolute Gasteiger partial charge is 0.370 e. The highest BCUT2D eigenvalue weighted by Gasteiger charge is 2.25. The molecule has 0 bridgehead atoms. The molecule has 22 heavy (non-hydrogen) atoms. The Morgan fingerprint density at radius 2 is 2.32 bits per heavy atom. The Morgan fingerprint density at radius 1 is 1.41 bits per heavy atom. The molecule has 3 heterocycles. The highest BCUT2D eigenvalue weighted by Crippen LogP contribution is 2.29. The van der Waals surface area contributed by atoms with Crippen LogP contribution in [-0.2, 0) is 11.3 Å². The van der Waals surface area contributed by atoms with Crippen molar-refractivity contribution in [1.29, 1.82) is 0 Å². The molecule has 1 saturated heterocycles. The van der Waals surface area contributed by atoms with Crippen LogP contribution in [0.1, 0.15) is 49.4 Å². The van der Waals surface area contributed by atoms with Crippen molar-refractivity contribution in [2.24, 2.45) is 0 Å². The van der Waals surface area contributed by atoms with Crippen molar-refractivity contribution >= 4 is 17.3 Å². The van der Waals surface area contributed by atoms with Gasteiger partial charge < -0.3 is 9.64 Å². The number of anilines is 1. The summed E-state index contributed by atoms with van der Waals surface area (Å²) >= 11 is 1.77. The van der Waals surface area contributed by atoms with E-state index in [0.717, 1.165) is 50.7 Å². The molecule has 2 aromatic heterocycles. The summed E-state index contributed by atoms with van der Waals surface area (Å²) in [7, 11) is 2.09. The van der Waals surface area contributed by atoms with Crippen molar-refractivity contribution in [3.05, 3.63) is 28.2 Å². The molecule has 0 N–H and O–H groups in total. The maximum Gasteiger partial charge on any atom is 0.227 e. The predicted octanol–water partition coefficient (Wildman–Crippen LogP) is 3.48. The molecule has 120 valence electrons. The van der Waals surface area contributed by atoms with Gasteiger partial charge in [-0.15, -0.1) is 21.5 Å². The van der Waals surface area contributed by atoms with Crippen LogP contribution in [0.4, 0.5) is 5.95 Å². The molecule has 0 aromatic carbocycles.